The molecule has 0 saturated heterocycles. The average molecular weight is 421 g/mol. The van der Waals surface area contributed by atoms with Crippen LogP contribution in [0.4, 0.5) is 0 Å². The van der Waals surface area contributed by atoms with Crippen LogP contribution in [0.2, 0.25) is 0 Å². The molecule has 0 bridgehead atoms. The zero-order valence-electron chi connectivity index (χ0n) is 22.0. The molecule has 0 nitrogen and oxygen atoms in total. The molecule has 0 N–H and O–H groups in total. The quantitative estimate of drug-likeness (QED) is 0.173. The summed E-state index contributed by atoms with van der Waals surface area (Å²) in [7, 11) is 0. The van der Waals surface area contributed by atoms with Crippen molar-refractivity contribution in [3.05, 3.63) is 66.8 Å². The van der Waals surface area contributed by atoms with Crippen LogP contribution in [0.1, 0.15) is 66.8 Å². The summed E-state index contributed by atoms with van der Waals surface area (Å²) in [5.41, 5.74) is 17.4. The molecule has 5 rings (SSSR count). The van der Waals surface area contributed by atoms with Crippen LogP contribution in [0.3, 0.4) is 0 Å². The van der Waals surface area contributed by atoms with Gasteiger partial charge in [0.25, 0.3) is 0 Å². The van der Waals surface area contributed by atoms with Crippen LogP contribution < -0.4 is 0 Å². The molecular formula is C32H36. The molecule has 0 unspecified atom stereocenters. The van der Waals surface area contributed by atoms with Gasteiger partial charge in [-0.3, -0.25) is 0 Å². The minimum absolute atomic E-state index is 1.44. The van der Waals surface area contributed by atoms with Crippen molar-refractivity contribution in [2.24, 2.45) is 0 Å². The molecule has 164 valence electrons. The fraction of sp³-hybridized carbons (Fsp3) is 0.375. The lowest BCUT2D eigenvalue weighted by Gasteiger charge is -2.28. The molecule has 0 atom stereocenters. The van der Waals surface area contributed by atoms with E-state index < -0.39 is 0 Å². The van der Waals surface area contributed by atoms with E-state index in [-0.39, 0.29) is 0 Å². The number of aryl methyl sites for hydroxylation is 8. The third-order valence-corrected chi connectivity index (χ3v) is 9.50. The Bertz CT molecular complexity index is 1410. The van der Waals surface area contributed by atoms with Gasteiger partial charge in [0.05, 0.1) is 0 Å². The Hall–Kier alpha value is -2.60. The van der Waals surface area contributed by atoms with E-state index in [0.29, 0.717) is 0 Å². The molecular weight excluding hydrogens is 384 g/mol. The summed E-state index contributed by atoms with van der Waals surface area (Å²) in [6.07, 6.45) is 0. The van der Waals surface area contributed by atoms with Crippen molar-refractivity contribution < 1.29 is 0 Å². The Morgan fingerprint density at radius 1 is 0.156 bits per heavy atom. The van der Waals surface area contributed by atoms with E-state index in [2.05, 4.69) is 83.1 Å². The molecule has 0 saturated carbocycles. The molecule has 0 aliphatic carbocycles. The van der Waals surface area contributed by atoms with Crippen LogP contribution in [0, 0.1) is 83.1 Å². The lowest BCUT2D eigenvalue weighted by Crippen LogP contribution is -2.05. The Kier molecular flexibility index (Phi) is 4.30. The topological polar surface area (TPSA) is 0 Å². The zero-order valence-corrected chi connectivity index (χ0v) is 22.0. The summed E-state index contributed by atoms with van der Waals surface area (Å²) >= 11 is 0. The Morgan fingerprint density at radius 3 is 0.500 bits per heavy atom. The largest absolute Gasteiger partial charge is 0.0440 e. The lowest BCUT2D eigenvalue weighted by molar-refractivity contribution is 1.26. The highest BCUT2D eigenvalue weighted by molar-refractivity contribution is 6.37. The molecule has 0 amide bonds. The standard InChI is InChI=1S/C32H36/c1-13-17(5)25-18(6)14(2)23(11)29-30-24(12)16(4)20(8)26-19(7)15(3)22(10)28(32(26)30)27(21(13)9)31(25)29/h1-12H3. The van der Waals surface area contributed by atoms with Crippen LogP contribution >= 0.6 is 0 Å². The fourth-order valence-electron chi connectivity index (χ4n) is 6.69. The van der Waals surface area contributed by atoms with E-state index in [1.54, 1.807) is 0 Å². The Labute approximate surface area is 193 Å². The smallest absolute Gasteiger partial charge is 0.00151 e. The molecule has 0 heteroatoms. The maximum atomic E-state index is 2.35. The third kappa shape index (κ3) is 2.19. The number of fused-ring (bicyclic) bond motifs is 2. The highest BCUT2D eigenvalue weighted by atomic mass is 14.3. The van der Waals surface area contributed by atoms with Crippen LogP contribution in [0.25, 0.3) is 43.1 Å². The second-order valence-corrected chi connectivity index (χ2v) is 10.5. The van der Waals surface area contributed by atoms with Crippen molar-refractivity contribution in [1.29, 1.82) is 0 Å². The van der Waals surface area contributed by atoms with Gasteiger partial charge < -0.3 is 0 Å². The summed E-state index contributed by atoms with van der Waals surface area (Å²) in [6.45, 7) is 28.0. The first-order valence-corrected chi connectivity index (χ1v) is 12.0. The summed E-state index contributed by atoms with van der Waals surface area (Å²) in [5, 5.41) is 11.9. The molecule has 0 fully saturated rings. The second kappa shape index (κ2) is 6.47. The van der Waals surface area contributed by atoms with Crippen molar-refractivity contribution in [1.82, 2.24) is 0 Å². The normalized spacial score (nSPS) is 12.4. The predicted octanol–water partition coefficient (Wildman–Crippen LogP) is 9.44. The van der Waals surface area contributed by atoms with Gasteiger partial charge in [0.15, 0.2) is 0 Å². The highest BCUT2D eigenvalue weighted by Gasteiger charge is 2.26. The van der Waals surface area contributed by atoms with Crippen molar-refractivity contribution in [3.63, 3.8) is 0 Å². The van der Waals surface area contributed by atoms with Gasteiger partial charge >= 0.3 is 0 Å². The molecule has 0 radical (unpaired) electrons. The van der Waals surface area contributed by atoms with Crippen molar-refractivity contribution in [3.8, 4) is 0 Å². The zero-order chi connectivity index (χ0) is 23.5. The molecule has 0 heterocycles. The average Bonchev–Trinajstić information content (AvgIpc) is 2.76. The fourth-order valence-corrected chi connectivity index (χ4v) is 6.69. The van der Waals surface area contributed by atoms with Crippen LogP contribution in [0.15, 0.2) is 0 Å². The molecule has 5 aromatic carbocycles. The van der Waals surface area contributed by atoms with Crippen LogP contribution in [-0.2, 0) is 0 Å². The summed E-state index contributed by atoms with van der Waals surface area (Å²) in [4.78, 5) is 0. The van der Waals surface area contributed by atoms with Crippen molar-refractivity contribution >= 4 is 43.1 Å². The van der Waals surface area contributed by atoms with Gasteiger partial charge in [-0.25, -0.2) is 0 Å². The van der Waals surface area contributed by atoms with Gasteiger partial charge in [-0.15, -0.1) is 0 Å². The van der Waals surface area contributed by atoms with Gasteiger partial charge in [0, 0.05) is 0 Å². The molecule has 0 aromatic heterocycles. The highest BCUT2D eigenvalue weighted by Crippen LogP contribution is 2.51. The molecule has 0 aliphatic rings. The maximum absolute atomic E-state index is 2.35. The van der Waals surface area contributed by atoms with E-state index in [1.165, 1.54) is 110 Å². The SMILES string of the molecule is Cc1c(C)c2c(C)c(C)c(C)c3c4c(C)c(C)c(C)c5c(C)c(C)c(C)c(c(c1C)c23)c54. The molecule has 0 spiro atoms. The van der Waals surface area contributed by atoms with Gasteiger partial charge in [-0.2, -0.15) is 0 Å². The molecule has 5 aromatic rings. The third-order valence-electron chi connectivity index (χ3n) is 9.50. The van der Waals surface area contributed by atoms with E-state index in [9.17, 15) is 0 Å². The van der Waals surface area contributed by atoms with E-state index >= 15 is 0 Å². The predicted molar refractivity (Wildman–Crippen MR) is 144 cm³/mol. The Morgan fingerprint density at radius 2 is 0.312 bits per heavy atom. The summed E-state index contributed by atoms with van der Waals surface area (Å²) < 4.78 is 0. The minimum Gasteiger partial charge on any atom is -0.0440 e. The lowest BCUT2D eigenvalue weighted by atomic mass is 9.75. The van der Waals surface area contributed by atoms with Gasteiger partial charge in [0.1, 0.15) is 0 Å². The second-order valence-electron chi connectivity index (χ2n) is 10.5. The van der Waals surface area contributed by atoms with Crippen LogP contribution in [-0.4, -0.2) is 0 Å². The van der Waals surface area contributed by atoms with Gasteiger partial charge in [0.2, 0.25) is 0 Å². The first-order valence-electron chi connectivity index (χ1n) is 12.0. The number of benzene rings is 5. The monoisotopic (exact) mass is 420 g/mol. The van der Waals surface area contributed by atoms with E-state index in [0.717, 1.165) is 0 Å². The van der Waals surface area contributed by atoms with Crippen LogP contribution in [0.5, 0.6) is 0 Å². The molecule has 32 heavy (non-hydrogen) atoms. The van der Waals surface area contributed by atoms with Gasteiger partial charge in [-0.05, 0) is 193 Å². The Balaban J connectivity index is 2.44. The number of hydrogen-bond acceptors (Lipinski definition) is 0. The van der Waals surface area contributed by atoms with Crippen molar-refractivity contribution in [2.75, 3.05) is 0 Å². The first kappa shape index (κ1) is 21.3. The maximum Gasteiger partial charge on any atom is -0.00151 e. The van der Waals surface area contributed by atoms with E-state index in [4.69, 9.17) is 0 Å². The molecule has 0 aliphatic heterocycles. The summed E-state index contributed by atoms with van der Waals surface area (Å²) in [5.74, 6) is 0. The number of hydrogen-bond donors (Lipinski definition) is 0. The van der Waals surface area contributed by atoms with Crippen molar-refractivity contribution in [2.45, 2.75) is 83.1 Å². The number of rotatable bonds is 0. The summed E-state index contributed by atoms with van der Waals surface area (Å²) in [6, 6.07) is 0. The first-order chi connectivity index (χ1) is 14.9. The minimum atomic E-state index is 1.44. The van der Waals surface area contributed by atoms with Gasteiger partial charge in [-0.1, -0.05) is 0 Å². The van der Waals surface area contributed by atoms with E-state index in [1.807, 2.05) is 0 Å².